The zero-order chi connectivity index (χ0) is 13.7. The lowest BCUT2D eigenvalue weighted by Crippen LogP contribution is -1.91. The number of ether oxygens (including phenoxy) is 1. The molecule has 0 radical (unpaired) electrons. The van der Waals surface area contributed by atoms with Crippen LogP contribution in [0.2, 0.25) is 0 Å². The van der Waals surface area contributed by atoms with E-state index in [9.17, 15) is 4.79 Å². The molecular formula is C14H7N3O2. The summed E-state index contributed by atoms with van der Waals surface area (Å²) < 4.78 is 5.49. The van der Waals surface area contributed by atoms with Gasteiger partial charge < -0.3 is 4.74 Å². The van der Waals surface area contributed by atoms with Crippen LogP contribution >= 0.6 is 0 Å². The third kappa shape index (κ3) is 2.74. The molecule has 19 heavy (non-hydrogen) atoms. The number of hydrogen-bond donors (Lipinski definition) is 0. The normalized spacial score (nSPS) is 9.16. The smallest absolute Gasteiger partial charge is 0.150 e. The van der Waals surface area contributed by atoms with Crippen molar-refractivity contribution in [2.45, 2.75) is 0 Å². The van der Waals surface area contributed by atoms with E-state index >= 15 is 0 Å². The van der Waals surface area contributed by atoms with Crippen molar-refractivity contribution < 1.29 is 9.53 Å². The minimum atomic E-state index is 0.258. The summed E-state index contributed by atoms with van der Waals surface area (Å²) in [5.41, 5.74) is 0.944. The summed E-state index contributed by atoms with van der Waals surface area (Å²) in [5.74, 6) is 0.744. The molecule has 0 fully saturated rings. The molecule has 1 aromatic heterocycles. The first-order chi connectivity index (χ1) is 9.26. The third-order valence-corrected chi connectivity index (χ3v) is 2.34. The Balaban J connectivity index is 2.30. The molecule has 2 rings (SSSR count). The molecular weight excluding hydrogens is 242 g/mol. The Kier molecular flexibility index (Phi) is 3.51. The van der Waals surface area contributed by atoms with Gasteiger partial charge in [0.1, 0.15) is 35.6 Å². The van der Waals surface area contributed by atoms with Gasteiger partial charge in [0.2, 0.25) is 0 Å². The van der Waals surface area contributed by atoms with Crippen LogP contribution in [0.4, 0.5) is 0 Å². The van der Waals surface area contributed by atoms with Crippen LogP contribution in [-0.2, 0) is 0 Å². The van der Waals surface area contributed by atoms with Crippen LogP contribution in [0.1, 0.15) is 21.6 Å². The van der Waals surface area contributed by atoms with E-state index in [0.29, 0.717) is 23.3 Å². The zero-order valence-corrected chi connectivity index (χ0v) is 9.70. The van der Waals surface area contributed by atoms with Crippen LogP contribution in [0.25, 0.3) is 0 Å². The van der Waals surface area contributed by atoms with Gasteiger partial charge in [0.15, 0.2) is 0 Å². The fraction of sp³-hybridized carbons (Fsp3) is 0. The molecule has 5 nitrogen and oxygen atoms in total. The molecule has 0 bridgehead atoms. The highest BCUT2D eigenvalue weighted by Crippen LogP contribution is 2.25. The number of carbonyl (C=O) groups excluding carboxylic acids is 1. The molecule has 5 heteroatoms. The van der Waals surface area contributed by atoms with Crippen molar-refractivity contribution >= 4 is 6.29 Å². The van der Waals surface area contributed by atoms with Crippen LogP contribution in [0.5, 0.6) is 11.5 Å². The van der Waals surface area contributed by atoms with E-state index in [1.165, 1.54) is 18.3 Å². The number of nitriles is 2. The predicted octanol–water partition coefficient (Wildman–Crippen LogP) is 2.43. The van der Waals surface area contributed by atoms with Gasteiger partial charge in [-0.05, 0) is 30.3 Å². The van der Waals surface area contributed by atoms with Crippen LogP contribution in [-0.4, -0.2) is 11.3 Å². The van der Waals surface area contributed by atoms with Crippen molar-refractivity contribution in [3.8, 4) is 23.6 Å². The van der Waals surface area contributed by atoms with Crippen LogP contribution < -0.4 is 4.74 Å². The molecule has 0 aliphatic heterocycles. The van der Waals surface area contributed by atoms with Gasteiger partial charge >= 0.3 is 0 Å². The third-order valence-electron chi connectivity index (χ3n) is 2.34. The lowest BCUT2D eigenvalue weighted by Gasteiger charge is -2.07. The summed E-state index contributed by atoms with van der Waals surface area (Å²) in [7, 11) is 0. The van der Waals surface area contributed by atoms with Gasteiger partial charge in [0.25, 0.3) is 0 Å². The average molecular weight is 249 g/mol. The Morgan fingerprint density at radius 2 is 2.00 bits per heavy atom. The SMILES string of the molecule is N#Cc1ccc(Oc2ccc(C=O)cc2C#N)cn1. The van der Waals surface area contributed by atoms with Crippen molar-refractivity contribution in [2.24, 2.45) is 0 Å². The van der Waals surface area contributed by atoms with Crippen LogP contribution in [0.15, 0.2) is 36.5 Å². The lowest BCUT2D eigenvalue weighted by molar-refractivity contribution is 0.112. The van der Waals surface area contributed by atoms with Crippen molar-refractivity contribution in [1.29, 1.82) is 10.5 Å². The summed E-state index contributed by atoms with van der Waals surface area (Å²) in [6.45, 7) is 0. The summed E-state index contributed by atoms with van der Waals surface area (Å²) in [5, 5.41) is 17.6. The highest BCUT2D eigenvalue weighted by molar-refractivity contribution is 5.76. The van der Waals surface area contributed by atoms with E-state index in [-0.39, 0.29) is 11.3 Å². The van der Waals surface area contributed by atoms with Gasteiger partial charge in [0.05, 0.1) is 11.8 Å². The standard InChI is InChI=1S/C14H7N3O2/c15-6-11-5-10(9-18)1-4-14(11)19-13-3-2-12(7-16)17-8-13/h1-5,8-9H. The molecule has 0 spiro atoms. The van der Waals surface area contributed by atoms with E-state index < -0.39 is 0 Å². The minimum absolute atomic E-state index is 0.258. The average Bonchev–Trinajstić information content (AvgIpc) is 2.48. The summed E-state index contributed by atoms with van der Waals surface area (Å²) in [6, 6.07) is 11.5. The Morgan fingerprint density at radius 3 is 2.58 bits per heavy atom. The number of aldehydes is 1. The molecule has 0 unspecified atom stereocenters. The van der Waals surface area contributed by atoms with E-state index in [2.05, 4.69) is 4.98 Å². The topological polar surface area (TPSA) is 86.8 Å². The highest BCUT2D eigenvalue weighted by Gasteiger charge is 2.06. The minimum Gasteiger partial charge on any atom is -0.454 e. The Hall–Kier alpha value is -3.18. The quantitative estimate of drug-likeness (QED) is 0.779. The van der Waals surface area contributed by atoms with Gasteiger partial charge in [-0.1, -0.05) is 0 Å². The van der Waals surface area contributed by atoms with Crippen molar-refractivity contribution in [3.05, 3.63) is 53.3 Å². The number of rotatable bonds is 3. The Bertz CT molecular complexity index is 694. The number of hydrogen-bond acceptors (Lipinski definition) is 5. The first kappa shape index (κ1) is 12.3. The molecule has 0 atom stereocenters. The second-order valence-corrected chi connectivity index (χ2v) is 3.58. The van der Waals surface area contributed by atoms with Crippen molar-refractivity contribution in [3.63, 3.8) is 0 Å². The molecule has 90 valence electrons. The van der Waals surface area contributed by atoms with Crippen LogP contribution in [0.3, 0.4) is 0 Å². The Morgan fingerprint density at radius 1 is 1.16 bits per heavy atom. The van der Waals surface area contributed by atoms with E-state index in [0.717, 1.165) is 0 Å². The number of pyridine rings is 1. The molecule has 2 aromatic rings. The first-order valence-corrected chi connectivity index (χ1v) is 5.30. The molecule has 0 N–H and O–H groups in total. The maximum atomic E-state index is 10.6. The van der Waals surface area contributed by atoms with Crippen molar-refractivity contribution in [2.75, 3.05) is 0 Å². The predicted molar refractivity (Wildman–Crippen MR) is 65.6 cm³/mol. The fourth-order valence-electron chi connectivity index (χ4n) is 1.43. The first-order valence-electron chi connectivity index (χ1n) is 5.30. The maximum absolute atomic E-state index is 10.6. The molecule has 0 amide bonds. The number of aromatic nitrogens is 1. The molecule has 0 aliphatic rings. The van der Waals surface area contributed by atoms with E-state index in [1.807, 2.05) is 12.1 Å². The zero-order valence-electron chi connectivity index (χ0n) is 9.70. The van der Waals surface area contributed by atoms with Gasteiger partial charge in [-0.25, -0.2) is 4.98 Å². The number of benzene rings is 1. The summed E-state index contributed by atoms with van der Waals surface area (Å²) in [4.78, 5) is 14.5. The lowest BCUT2D eigenvalue weighted by atomic mass is 10.1. The monoisotopic (exact) mass is 249 g/mol. The maximum Gasteiger partial charge on any atom is 0.150 e. The molecule has 1 heterocycles. The number of carbonyl (C=O) groups is 1. The van der Waals surface area contributed by atoms with Gasteiger partial charge in [0, 0.05) is 5.56 Å². The van der Waals surface area contributed by atoms with E-state index in [1.54, 1.807) is 18.2 Å². The van der Waals surface area contributed by atoms with Crippen molar-refractivity contribution in [1.82, 2.24) is 4.98 Å². The molecule has 0 saturated carbocycles. The van der Waals surface area contributed by atoms with Gasteiger partial charge in [-0.15, -0.1) is 0 Å². The second-order valence-electron chi connectivity index (χ2n) is 3.58. The number of nitrogens with zero attached hydrogens (tertiary/aromatic N) is 3. The Labute approximate surface area is 109 Å². The van der Waals surface area contributed by atoms with E-state index in [4.69, 9.17) is 15.3 Å². The van der Waals surface area contributed by atoms with Crippen LogP contribution in [0, 0.1) is 22.7 Å². The fourth-order valence-corrected chi connectivity index (χ4v) is 1.43. The molecule has 0 saturated heterocycles. The molecule has 0 aliphatic carbocycles. The largest absolute Gasteiger partial charge is 0.454 e. The summed E-state index contributed by atoms with van der Waals surface area (Å²) >= 11 is 0. The van der Waals surface area contributed by atoms with Gasteiger partial charge in [-0.3, -0.25) is 4.79 Å². The summed E-state index contributed by atoms with van der Waals surface area (Å²) in [6.07, 6.45) is 2.06. The second kappa shape index (κ2) is 5.44. The highest BCUT2D eigenvalue weighted by atomic mass is 16.5. The molecule has 1 aromatic carbocycles. The van der Waals surface area contributed by atoms with Gasteiger partial charge in [-0.2, -0.15) is 10.5 Å².